The second-order valence-corrected chi connectivity index (χ2v) is 5.31. The van der Waals surface area contributed by atoms with Crippen LogP contribution in [-0.4, -0.2) is 115 Å². The standard InChI is InChI=1S/C12H23NO10/c14-1-4(7(18)8(19)5(17)2-15)13-12-11(22)10(21)9(20)6(3-16)23-12/h1,4-13,15-22H,2-3H2/t4-,5+,6+,7+,8-,9+,10-,11+,12+/m0/s1. The number of nitrogens with one attached hydrogen (secondary N) is 1. The highest BCUT2D eigenvalue weighted by atomic mass is 16.6. The molecule has 9 atom stereocenters. The van der Waals surface area contributed by atoms with Crippen molar-refractivity contribution in [2.45, 2.75) is 55.0 Å². The van der Waals surface area contributed by atoms with Crippen LogP contribution in [0, 0.1) is 0 Å². The third-order valence-corrected chi connectivity index (χ3v) is 3.69. The Morgan fingerprint density at radius 2 is 1.61 bits per heavy atom. The van der Waals surface area contributed by atoms with Crippen LogP contribution in [-0.2, 0) is 9.53 Å². The number of carbonyl (C=O) groups is 1. The largest absolute Gasteiger partial charge is 0.394 e. The van der Waals surface area contributed by atoms with Crippen LogP contribution in [0.4, 0.5) is 0 Å². The summed E-state index contributed by atoms with van der Waals surface area (Å²) in [5.74, 6) is 0. The van der Waals surface area contributed by atoms with E-state index in [0.717, 1.165) is 0 Å². The number of aliphatic hydroxyl groups excluding tert-OH is 8. The molecule has 1 heterocycles. The molecule has 11 heteroatoms. The van der Waals surface area contributed by atoms with Gasteiger partial charge in [-0.2, -0.15) is 0 Å². The Balaban J connectivity index is 2.79. The molecular weight excluding hydrogens is 318 g/mol. The molecule has 0 aromatic rings. The van der Waals surface area contributed by atoms with Crippen LogP contribution < -0.4 is 5.32 Å². The first-order valence-corrected chi connectivity index (χ1v) is 6.95. The second-order valence-electron chi connectivity index (χ2n) is 5.31. The molecule has 0 amide bonds. The van der Waals surface area contributed by atoms with Crippen molar-refractivity contribution in [3.63, 3.8) is 0 Å². The molecule has 1 saturated heterocycles. The van der Waals surface area contributed by atoms with Gasteiger partial charge in [-0.3, -0.25) is 5.32 Å². The van der Waals surface area contributed by atoms with Crippen LogP contribution in [0.5, 0.6) is 0 Å². The van der Waals surface area contributed by atoms with Crippen molar-refractivity contribution in [3.05, 3.63) is 0 Å². The smallest absolute Gasteiger partial charge is 0.139 e. The highest BCUT2D eigenvalue weighted by molar-refractivity contribution is 5.59. The molecule has 0 spiro atoms. The van der Waals surface area contributed by atoms with Gasteiger partial charge in [-0.1, -0.05) is 0 Å². The quantitative estimate of drug-likeness (QED) is 0.190. The maximum absolute atomic E-state index is 11.1. The van der Waals surface area contributed by atoms with Crippen molar-refractivity contribution in [1.82, 2.24) is 5.32 Å². The lowest BCUT2D eigenvalue weighted by Gasteiger charge is -2.41. The van der Waals surface area contributed by atoms with Crippen molar-refractivity contribution >= 4 is 6.29 Å². The highest BCUT2D eigenvalue weighted by Crippen LogP contribution is 2.20. The van der Waals surface area contributed by atoms with Gasteiger partial charge in [0.25, 0.3) is 0 Å². The SMILES string of the molecule is O=C[C@H](N[C@@H]1O[C@H](CO)[C@@H](O)[C@H](O)[C@H]1O)[C@@H](O)[C@@H](O)[C@H](O)CO. The van der Waals surface area contributed by atoms with Gasteiger partial charge in [-0.05, 0) is 0 Å². The van der Waals surface area contributed by atoms with E-state index in [1.807, 2.05) is 0 Å². The molecule has 1 aliphatic heterocycles. The molecule has 0 radical (unpaired) electrons. The molecule has 9 N–H and O–H groups in total. The van der Waals surface area contributed by atoms with E-state index in [0.29, 0.717) is 0 Å². The Labute approximate surface area is 131 Å². The zero-order valence-electron chi connectivity index (χ0n) is 12.1. The van der Waals surface area contributed by atoms with Gasteiger partial charge in [0, 0.05) is 0 Å². The predicted molar refractivity (Wildman–Crippen MR) is 71.9 cm³/mol. The number of aliphatic hydroxyl groups is 8. The minimum atomic E-state index is -1.87. The Morgan fingerprint density at radius 1 is 1.00 bits per heavy atom. The van der Waals surface area contributed by atoms with Crippen LogP contribution in [0.25, 0.3) is 0 Å². The second kappa shape index (κ2) is 8.94. The molecule has 1 fully saturated rings. The van der Waals surface area contributed by atoms with E-state index in [4.69, 9.17) is 14.9 Å². The fraction of sp³-hybridized carbons (Fsp3) is 0.917. The molecule has 0 saturated carbocycles. The normalized spacial score (nSPS) is 37.0. The van der Waals surface area contributed by atoms with E-state index < -0.39 is 68.2 Å². The number of hydrogen-bond donors (Lipinski definition) is 9. The fourth-order valence-electron chi connectivity index (χ4n) is 2.20. The van der Waals surface area contributed by atoms with E-state index in [2.05, 4.69) is 5.32 Å². The monoisotopic (exact) mass is 341 g/mol. The first kappa shape index (κ1) is 20.3. The predicted octanol–water partition coefficient (Wildman–Crippen LogP) is -5.98. The van der Waals surface area contributed by atoms with Gasteiger partial charge >= 0.3 is 0 Å². The molecular formula is C12H23NO10. The van der Waals surface area contributed by atoms with Crippen molar-refractivity contribution in [2.75, 3.05) is 13.2 Å². The zero-order chi connectivity index (χ0) is 17.7. The summed E-state index contributed by atoms with van der Waals surface area (Å²) < 4.78 is 5.09. The molecule has 11 nitrogen and oxygen atoms in total. The minimum absolute atomic E-state index is 0.166. The van der Waals surface area contributed by atoms with Crippen LogP contribution >= 0.6 is 0 Å². The molecule has 0 aromatic carbocycles. The van der Waals surface area contributed by atoms with Gasteiger partial charge < -0.3 is 50.4 Å². The number of carbonyl (C=O) groups excluding carboxylic acids is 1. The summed E-state index contributed by atoms with van der Waals surface area (Å²) >= 11 is 0. The van der Waals surface area contributed by atoms with Crippen molar-refractivity contribution in [3.8, 4) is 0 Å². The summed E-state index contributed by atoms with van der Waals surface area (Å²) in [4.78, 5) is 11.1. The molecule has 1 rings (SSSR count). The minimum Gasteiger partial charge on any atom is -0.394 e. The van der Waals surface area contributed by atoms with Crippen LogP contribution in [0.2, 0.25) is 0 Å². The summed E-state index contributed by atoms with van der Waals surface area (Å²) in [5, 5.41) is 77.8. The van der Waals surface area contributed by atoms with E-state index in [-0.39, 0.29) is 6.29 Å². The van der Waals surface area contributed by atoms with Crippen LogP contribution in [0.1, 0.15) is 0 Å². The summed E-state index contributed by atoms with van der Waals surface area (Å²) in [7, 11) is 0. The number of hydrogen-bond acceptors (Lipinski definition) is 11. The average Bonchev–Trinajstić information content (AvgIpc) is 2.57. The van der Waals surface area contributed by atoms with E-state index in [1.165, 1.54) is 0 Å². The Bertz CT molecular complexity index is 370. The van der Waals surface area contributed by atoms with Crippen molar-refractivity contribution in [2.24, 2.45) is 0 Å². The number of rotatable bonds is 8. The van der Waals surface area contributed by atoms with Gasteiger partial charge in [0.1, 0.15) is 55.2 Å². The average molecular weight is 341 g/mol. The molecule has 0 aromatic heterocycles. The fourth-order valence-corrected chi connectivity index (χ4v) is 2.20. The Morgan fingerprint density at radius 3 is 2.09 bits per heavy atom. The van der Waals surface area contributed by atoms with Crippen LogP contribution in [0.15, 0.2) is 0 Å². The summed E-state index contributed by atoms with van der Waals surface area (Å²) in [6.07, 6.45) is -12.9. The van der Waals surface area contributed by atoms with E-state index in [1.54, 1.807) is 0 Å². The molecule has 0 aliphatic carbocycles. The summed E-state index contributed by atoms with van der Waals surface area (Å²) in [6.45, 7) is -1.53. The van der Waals surface area contributed by atoms with Crippen LogP contribution in [0.3, 0.4) is 0 Å². The maximum atomic E-state index is 11.1. The van der Waals surface area contributed by atoms with Gasteiger partial charge in [0.2, 0.25) is 0 Å². The molecule has 136 valence electrons. The molecule has 23 heavy (non-hydrogen) atoms. The van der Waals surface area contributed by atoms with Gasteiger partial charge in [-0.25, -0.2) is 0 Å². The summed E-state index contributed by atoms with van der Waals surface area (Å²) in [6, 6.07) is -1.53. The Hall–Kier alpha value is -0.730. The third kappa shape index (κ3) is 4.64. The van der Waals surface area contributed by atoms with E-state index >= 15 is 0 Å². The van der Waals surface area contributed by atoms with Crippen molar-refractivity contribution in [1.29, 1.82) is 0 Å². The first-order valence-electron chi connectivity index (χ1n) is 6.95. The number of ether oxygens (including phenoxy) is 1. The lowest BCUT2D eigenvalue weighted by Crippen LogP contribution is -2.65. The molecule has 1 aliphatic rings. The van der Waals surface area contributed by atoms with Gasteiger partial charge in [0.15, 0.2) is 0 Å². The maximum Gasteiger partial charge on any atom is 0.139 e. The van der Waals surface area contributed by atoms with Gasteiger partial charge in [0.05, 0.1) is 19.3 Å². The molecule has 0 bridgehead atoms. The Kier molecular flexibility index (Phi) is 7.89. The van der Waals surface area contributed by atoms with Crippen molar-refractivity contribution < 1.29 is 50.4 Å². The summed E-state index contributed by atoms with van der Waals surface area (Å²) in [5.41, 5.74) is 0. The third-order valence-electron chi connectivity index (χ3n) is 3.69. The number of aldehydes is 1. The zero-order valence-corrected chi connectivity index (χ0v) is 12.1. The van der Waals surface area contributed by atoms with Gasteiger partial charge in [-0.15, -0.1) is 0 Å². The first-order chi connectivity index (χ1) is 10.8. The molecule has 0 unspecified atom stereocenters. The highest BCUT2D eigenvalue weighted by Gasteiger charge is 2.45. The lowest BCUT2D eigenvalue weighted by atomic mass is 9.96. The lowest BCUT2D eigenvalue weighted by molar-refractivity contribution is -0.240. The van der Waals surface area contributed by atoms with E-state index in [9.17, 15) is 35.4 Å². The topological polar surface area (TPSA) is 200 Å².